The molecule has 1 aromatic heterocycles. The van der Waals surface area contributed by atoms with Crippen molar-refractivity contribution in [3.63, 3.8) is 0 Å². The summed E-state index contributed by atoms with van der Waals surface area (Å²) < 4.78 is 3.93. The third kappa shape index (κ3) is 5.14. The molecule has 0 radical (unpaired) electrons. The van der Waals surface area contributed by atoms with E-state index in [0.717, 1.165) is 25.2 Å². The fourth-order valence-corrected chi connectivity index (χ4v) is 2.61. The van der Waals surface area contributed by atoms with E-state index in [9.17, 15) is 0 Å². The minimum atomic E-state index is 0.912. The standard InChI is InChI=1S/C16H33N4/c1-4-7-9-11-13-15-18-19(6-3)16(20(15)17)14-12-10-8-5-2/h4-14,17H2,1-3H3/q+1. The SMILES string of the molecule is CCCCCCc1nn(CC)c(CCCCCC)[n+]1N. The molecule has 0 fully saturated rings. The van der Waals surface area contributed by atoms with Gasteiger partial charge in [0, 0.05) is 17.9 Å². The second-order valence-electron chi connectivity index (χ2n) is 5.64. The summed E-state index contributed by atoms with van der Waals surface area (Å²) in [5.74, 6) is 8.48. The van der Waals surface area contributed by atoms with Crippen LogP contribution in [0.4, 0.5) is 0 Å². The van der Waals surface area contributed by atoms with E-state index in [1.165, 1.54) is 57.2 Å². The first-order chi connectivity index (χ1) is 9.74. The fourth-order valence-electron chi connectivity index (χ4n) is 2.61. The lowest BCUT2D eigenvalue weighted by Crippen LogP contribution is -2.50. The molecule has 0 spiro atoms. The van der Waals surface area contributed by atoms with E-state index < -0.39 is 0 Å². The van der Waals surface area contributed by atoms with Gasteiger partial charge in [0.25, 0.3) is 11.6 Å². The Balaban J connectivity index is 2.56. The Bertz CT molecular complexity index is 371. The average Bonchev–Trinajstić information content (AvgIpc) is 2.76. The van der Waals surface area contributed by atoms with Gasteiger partial charge in [-0.15, -0.1) is 9.36 Å². The van der Waals surface area contributed by atoms with Crippen LogP contribution in [0.2, 0.25) is 0 Å². The highest BCUT2D eigenvalue weighted by atomic mass is 15.5. The van der Waals surface area contributed by atoms with Crippen LogP contribution in [-0.2, 0) is 19.4 Å². The van der Waals surface area contributed by atoms with Gasteiger partial charge < -0.3 is 0 Å². The predicted molar refractivity (Wildman–Crippen MR) is 83.9 cm³/mol. The molecule has 2 N–H and O–H groups in total. The first-order valence-corrected chi connectivity index (χ1v) is 8.50. The third-order valence-corrected chi connectivity index (χ3v) is 3.90. The zero-order chi connectivity index (χ0) is 14.8. The van der Waals surface area contributed by atoms with Gasteiger partial charge in [0.05, 0.1) is 0 Å². The molecular weight excluding hydrogens is 248 g/mol. The first kappa shape index (κ1) is 17.0. The van der Waals surface area contributed by atoms with E-state index in [0.29, 0.717) is 0 Å². The van der Waals surface area contributed by atoms with Gasteiger partial charge in [0.2, 0.25) is 0 Å². The summed E-state index contributed by atoms with van der Waals surface area (Å²) in [5.41, 5.74) is 0. The lowest BCUT2D eigenvalue weighted by atomic mass is 10.1. The zero-order valence-corrected chi connectivity index (χ0v) is 13.7. The normalized spacial score (nSPS) is 11.2. The Morgan fingerprint density at radius 2 is 1.50 bits per heavy atom. The molecule has 0 aliphatic heterocycles. The second-order valence-corrected chi connectivity index (χ2v) is 5.64. The molecule has 0 aliphatic carbocycles. The number of hydrogen-bond acceptors (Lipinski definition) is 2. The number of aromatic nitrogens is 3. The van der Waals surface area contributed by atoms with E-state index in [4.69, 9.17) is 5.84 Å². The number of unbranched alkanes of at least 4 members (excludes halogenated alkanes) is 6. The van der Waals surface area contributed by atoms with E-state index >= 15 is 0 Å². The maximum absolute atomic E-state index is 6.24. The molecule has 1 rings (SSSR count). The van der Waals surface area contributed by atoms with Crippen LogP contribution in [0.15, 0.2) is 0 Å². The van der Waals surface area contributed by atoms with Crippen molar-refractivity contribution in [2.45, 2.75) is 91.5 Å². The topological polar surface area (TPSA) is 47.7 Å². The summed E-state index contributed by atoms with van der Waals surface area (Å²) in [7, 11) is 0. The molecule has 116 valence electrons. The highest BCUT2D eigenvalue weighted by Crippen LogP contribution is 2.07. The van der Waals surface area contributed by atoms with Crippen LogP contribution in [-0.4, -0.2) is 9.78 Å². The molecule has 4 nitrogen and oxygen atoms in total. The molecule has 0 aromatic carbocycles. The van der Waals surface area contributed by atoms with E-state index in [-0.39, 0.29) is 0 Å². The smallest absolute Gasteiger partial charge is 0.289 e. The van der Waals surface area contributed by atoms with Crippen LogP contribution in [0, 0.1) is 0 Å². The Morgan fingerprint density at radius 1 is 0.900 bits per heavy atom. The average molecular weight is 281 g/mol. The summed E-state index contributed by atoms with van der Waals surface area (Å²) in [4.78, 5) is 0. The fraction of sp³-hybridized carbons (Fsp3) is 0.875. The summed E-state index contributed by atoms with van der Waals surface area (Å²) in [6.07, 6.45) is 12.2. The number of nitrogens with zero attached hydrogens (tertiary/aromatic N) is 3. The molecule has 4 heteroatoms. The van der Waals surface area contributed by atoms with Crippen LogP contribution in [0.3, 0.4) is 0 Å². The van der Waals surface area contributed by atoms with Crippen molar-refractivity contribution in [3.05, 3.63) is 11.6 Å². The van der Waals surface area contributed by atoms with E-state index in [1.807, 2.05) is 4.68 Å². The molecule has 0 atom stereocenters. The Kier molecular flexibility index (Phi) is 8.31. The van der Waals surface area contributed by atoms with Gasteiger partial charge in [-0.25, -0.2) is 0 Å². The minimum absolute atomic E-state index is 0.912. The number of hydrogen-bond donors (Lipinski definition) is 1. The molecule has 0 bridgehead atoms. The molecule has 0 aliphatic rings. The summed E-state index contributed by atoms with van der Waals surface area (Å²) in [6, 6.07) is 0. The van der Waals surface area contributed by atoms with Crippen molar-refractivity contribution in [2.24, 2.45) is 0 Å². The van der Waals surface area contributed by atoms with Crippen LogP contribution < -0.4 is 10.5 Å². The first-order valence-electron chi connectivity index (χ1n) is 8.50. The largest absolute Gasteiger partial charge is 0.299 e. The van der Waals surface area contributed by atoms with Gasteiger partial charge in [0.15, 0.2) is 0 Å². The van der Waals surface area contributed by atoms with Crippen molar-refractivity contribution >= 4 is 0 Å². The van der Waals surface area contributed by atoms with Crippen LogP contribution >= 0.6 is 0 Å². The highest BCUT2D eigenvalue weighted by molar-refractivity contribution is 4.83. The van der Waals surface area contributed by atoms with E-state index in [2.05, 4.69) is 30.6 Å². The van der Waals surface area contributed by atoms with Gasteiger partial charge >= 0.3 is 0 Å². The van der Waals surface area contributed by atoms with Gasteiger partial charge in [0.1, 0.15) is 6.54 Å². The van der Waals surface area contributed by atoms with Crippen LogP contribution in [0.5, 0.6) is 0 Å². The molecule has 0 unspecified atom stereocenters. The zero-order valence-electron chi connectivity index (χ0n) is 13.7. The number of rotatable bonds is 11. The molecule has 1 heterocycles. The summed E-state index contributed by atoms with van der Waals surface area (Å²) in [5, 5.41) is 4.68. The number of nitrogens with two attached hydrogens (primary N) is 1. The third-order valence-electron chi connectivity index (χ3n) is 3.90. The molecule has 0 saturated carbocycles. The van der Waals surface area contributed by atoms with Gasteiger partial charge in [-0.05, 0) is 19.8 Å². The van der Waals surface area contributed by atoms with Gasteiger partial charge in [-0.1, -0.05) is 52.4 Å². The van der Waals surface area contributed by atoms with Crippen molar-refractivity contribution in [2.75, 3.05) is 5.84 Å². The number of aryl methyl sites for hydroxylation is 2. The van der Waals surface area contributed by atoms with E-state index in [1.54, 1.807) is 0 Å². The molecule has 0 saturated heterocycles. The minimum Gasteiger partial charge on any atom is -0.289 e. The van der Waals surface area contributed by atoms with Crippen LogP contribution in [0.25, 0.3) is 0 Å². The molecule has 20 heavy (non-hydrogen) atoms. The molecule has 1 aromatic rings. The van der Waals surface area contributed by atoms with Crippen molar-refractivity contribution < 1.29 is 4.68 Å². The van der Waals surface area contributed by atoms with Crippen molar-refractivity contribution in [1.82, 2.24) is 9.78 Å². The maximum atomic E-state index is 6.24. The molecule has 0 amide bonds. The lowest BCUT2D eigenvalue weighted by Gasteiger charge is -2.00. The lowest BCUT2D eigenvalue weighted by molar-refractivity contribution is -0.655. The quantitative estimate of drug-likeness (QED) is 0.385. The van der Waals surface area contributed by atoms with Crippen molar-refractivity contribution in [3.8, 4) is 0 Å². The Morgan fingerprint density at radius 3 is 2.05 bits per heavy atom. The summed E-state index contributed by atoms with van der Waals surface area (Å²) in [6.45, 7) is 7.54. The van der Waals surface area contributed by atoms with Crippen molar-refractivity contribution in [1.29, 1.82) is 0 Å². The monoisotopic (exact) mass is 281 g/mol. The second kappa shape index (κ2) is 9.78. The maximum Gasteiger partial charge on any atom is 0.299 e. The number of nitrogen functional groups attached to an aromatic ring is 1. The van der Waals surface area contributed by atoms with Gasteiger partial charge in [-0.2, -0.15) is 0 Å². The Hall–Kier alpha value is -1.06. The Labute approximate surface area is 124 Å². The molecular formula is C16H33N4+. The highest BCUT2D eigenvalue weighted by Gasteiger charge is 2.22. The summed E-state index contributed by atoms with van der Waals surface area (Å²) >= 11 is 0. The van der Waals surface area contributed by atoms with Crippen LogP contribution in [0.1, 0.15) is 83.8 Å². The predicted octanol–water partition coefficient (Wildman–Crippen LogP) is 3.15. The van der Waals surface area contributed by atoms with Gasteiger partial charge in [-0.3, -0.25) is 5.84 Å².